The lowest BCUT2D eigenvalue weighted by Gasteiger charge is -2.39. The van der Waals surface area contributed by atoms with Crippen LogP contribution >= 0.6 is 0 Å². The summed E-state index contributed by atoms with van der Waals surface area (Å²) in [6.07, 6.45) is 3.47. The molecule has 2 unspecified atom stereocenters. The van der Waals surface area contributed by atoms with Gasteiger partial charge in [0, 0.05) is 6.07 Å². The van der Waals surface area contributed by atoms with E-state index in [4.69, 9.17) is 10.5 Å². The predicted octanol–water partition coefficient (Wildman–Crippen LogP) is 4.00. The minimum absolute atomic E-state index is 0.177. The summed E-state index contributed by atoms with van der Waals surface area (Å²) in [5.41, 5.74) is 6.46. The van der Waals surface area contributed by atoms with E-state index in [1.54, 1.807) is 6.07 Å². The Kier molecular flexibility index (Phi) is 3.51. The summed E-state index contributed by atoms with van der Waals surface area (Å²) in [4.78, 5) is 0. The Hall–Kier alpha value is -1.25. The first-order valence-electron chi connectivity index (χ1n) is 6.57. The average molecular weight is 251 g/mol. The van der Waals surface area contributed by atoms with E-state index in [9.17, 15) is 4.39 Å². The first kappa shape index (κ1) is 13.2. The van der Waals surface area contributed by atoms with Gasteiger partial charge in [-0.3, -0.25) is 0 Å². The molecule has 1 aromatic rings. The van der Waals surface area contributed by atoms with E-state index in [1.165, 1.54) is 18.6 Å². The molecule has 100 valence electrons. The third kappa shape index (κ3) is 3.15. The van der Waals surface area contributed by atoms with Gasteiger partial charge in [-0.15, -0.1) is 0 Å². The summed E-state index contributed by atoms with van der Waals surface area (Å²) in [5.74, 6) is 0.934. The van der Waals surface area contributed by atoms with Crippen molar-refractivity contribution in [2.45, 2.75) is 46.1 Å². The zero-order chi connectivity index (χ0) is 13.3. The Morgan fingerprint density at radius 3 is 2.67 bits per heavy atom. The maximum atomic E-state index is 13.0. The van der Waals surface area contributed by atoms with Crippen molar-refractivity contribution in [1.82, 2.24) is 0 Å². The van der Waals surface area contributed by atoms with Crippen LogP contribution in [0.5, 0.6) is 5.75 Å². The number of halogens is 1. The van der Waals surface area contributed by atoms with Gasteiger partial charge in [0.25, 0.3) is 0 Å². The second-order valence-corrected chi connectivity index (χ2v) is 6.34. The normalized spacial score (nSPS) is 26.9. The topological polar surface area (TPSA) is 35.2 Å². The zero-order valence-electron chi connectivity index (χ0n) is 11.4. The monoisotopic (exact) mass is 251 g/mol. The summed E-state index contributed by atoms with van der Waals surface area (Å²) in [6, 6.07) is 4.33. The molecule has 1 aliphatic rings. The molecular formula is C15H22FNO. The number of benzene rings is 1. The van der Waals surface area contributed by atoms with Gasteiger partial charge in [0.1, 0.15) is 11.6 Å². The van der Waals surface area contributed by atoms with Gasteiger partial charge in [-0.05, 0) is 42.7 Å². The van der Waals surface area contributed by atoms with E-state index >= 15 is 0 Å². The van der Waals surface area contributed by atoms with E-state index in [-0.39, 0.29) is 11.9 Å². The Morgan fingerprint density at radius 1 is 1.33 bits per heavy atom. The molecule has 0 spiro atoms. The molecule has 0 saturated heterocycles. The molecule has 2 rings (SSSR count). The molecule has 18 heavy (non-hydrogen) atoms. The van der Waals surface area contributed by atoms with Crippen LogP contribution in [0.2, 0.25) is 0 Å². The van der Waals surface area contributed by atoms with Crippen molar-refractivity contribution >= 4 is 5.69 Å². The standard InChI is InChI=1S/C15H22FNO/c1-10-6-12(9-15(2,3)8-10)18-14-5-4-11(16)7-13(14)17/h4-5,7,10,12H,6,8-9,17H2,1-3H3. The highest BCUT2D eigenvalue weighted by atomic mass is 19.1. The number of hydrogen-bond donors (Lipinski definition) is 1. The molecule has 1 fully saturated rings. The van der Waals surface area contributed by atoms with Crippen molar-refractivity contribution in [3.8, 4) is 5.75 Å². The lowest BCUT2D eigenvalue weighted by atomic mass is 9.71. The fourth-order valence-electron chi connectivity index (χ4n) is 3.15. The Bertz CT molecular complexity index is 431. The van der Waals surface area contributed by atoms with Gasteiger partial charge in [-0.25, -0.2) is 4.39 Å². The fraction of sp³-hybridized carbons (Fsp3) is 0.600. The molecule has 1 aliphatic carbocycles. The molecule has 2 N–H and O–H groups in total. The van der Waals surface area contributed by atoms with Gasteiger partial charge >= 0.3 is 0 Å². The van der Waals surface area contributed by atoms with Gasteiger partial charge in [-0.2, -0.15) is 0 Å². The van der Waals surface area contributed by atoms with Crippen molar-refractivity contribution in [3.63, 3.8) is 0 Å². The van der Waals surface area contributed by atoms with Crippen LogP contribution in [0.3, 0.4) is 0 Å². The second-order valence-electron chi connectivity index (χ2n) is 6.34. The molecule has 0 radical (unpaired) electrons. The smallest absolute Gasteiger partial charge is 0.142 e. The minimum Gasteiger partial charge on any atom is -0.488 e. The molecule has 1 saturated carbocycles. The molecule has 1 aromatic carbocycles. The lowest BCUT2D eigenvalue weighted by Crippen LogP contribution is -2.34. The van der Waals surface area contributed by atoms with E-state index in [1.807, 2.05) is 0 Å². The van der Waals surface area contributed by atoms with Crippen LogP contribution in [0.4, 0.5) is 10.1 Å². The SMILES string of the molecule is CC1CC(Oc2ccc(F)cc2N)CC(C)(C)C1. The summed E-state index contributed by atoms with van der Waals surface area (Å²) in [7, 11) is 0. The van der Waals surface area contributed by atoms with Gasteiger partial charge in [0.2, 0.25) is 0 Å². The predicted molar refractivity (Wildman–Crippen MR) is 72.0 cm³/mol. The van der Waals surface area contributed by atoms with Crippen LogP contribution in [-0.2, 0) is 0 Å². The second kappa shape index (κ2) is 4.79. The van der Waals surface area contributed by atoms with Crippen LogP contribution in [0.25, 0.3) is 0 Å². The molecule has 0 amide bonds. The minimum atomic E-state index is -0.322. The molecular weight excluding hydrogens is 229 g/mol. The van der Waals surface area contributed by atoms with Crippen LogP contribution in [0, 0.1) is 17.2 Å². The quantitative estimate of drug-likeness (QED) is 0.806. The average Bonchev–Trinajstić information content (AvgIpc) is 2.19. The Labute approximate surface area is 108 Å². The number of ether oxygens (including phenoxy) is 1. The van der Waals surface area contributed by atoms with E-state index < -0.39 is 0 Å². The Morgan fingerprint density at radius 2 is 2.06 bits per heavy atom. The zero-order valence-corrected chi connectivity index (χ0v) is 11.4. The number of hydrogen-bond acceptors (Lipinski definition) is 2. The number of nitrogens with two attached hydrogens (primary N) is 1. The van der Waals surface area contributed by atoms with Crippen molar-refractivity contribution in [3.05, 3.63) is 24.0 Å². The number of nitrogen functional groups attached to an aromatic ring is 1. The van der Waals surface area contributed by atoms with Crippen molar-refractivity contribution in [1.29, 1.82) is 0 Å². The van der Waals surface area contributed by atoms with Gasteiger partial charge in [-0.1, -0.05) is 20.8 Å². The number of anilines is 1. The third-order valence-corrected chi connectivity index (χ3v) is 3.61. The van der Waals surface area contributed by atoms with E-state index in [0.29, 0.717) is 22.8 Å². The first-order valence-corrected chi connectivity index (χ1v) is 6.57. The summed E-state index contributed by atoms with van der Waals surface area (Å²) in [5, 5.41) is 0. The van der Waals surface area contributed by atoms with E-state index in [2.05, 4.69) is 20.8 Å². The summed E-state index contributed by atoms with van der Waals surface area (Å²) in [6.45, 7) is 6.80. The lowest BCUT2D eigenvalue weighted by molar-refractivity contribution is 0.0567. The van der Waals surface area contributed by atoms with Crippen molar-refractivity contribution in [2.24, 2.45) is 11.3 Å². The van der Waals surface area contributed by atoms with Gasteiger partial charge in [0.05, 0.1) is 11.8 Å². The highest BCUT2D eigenvalue weighted by molar-refractivity contribution is 5.52. The van der Waals surface area contributed by atoms with Crippen molar-refractivity contribution in [2.75, 3.05) is 5.73 Å². The highest BCUT2D eigenvalue weighted by Crippen LogP contribution is 2.40. The first-order chi connectivity index (χ1) is 8.35. The van der Waals surface area contributed by atoms with Gasteiger partial charge in [0.15, 0.2) is 0 Å². The molecule has 2 nitrogen and oxygen atoms in total. The Balaban J connectivity index is 2.09. The maximum absolute atomic E-state index is 13.0. The van der Waals surface area contributed by atoms with Crippen molar-refractivity contribution < 1.29 is 9.13 Å². The highest BCUT2D eigenvalue weighted by Gasteiger charge is 2.33. The third-order valence-electron chi connectivity index (χ3n) is 3.61. The molecule has 3 heteroatoms. The molecule has 0 bridgehead atoms. The molecule has 0 aromatic heterocycles. The largest absolute Gasteiger partial charge is 0.488 e. The van der Waals surface area contributed by atoms with Crippen LogP contribution < -0.4 is 10.5 Å². The van der Waals surface area contributed by atoms with Gasteiger partial charge < -0.3 is 10.5 Å². The van der Waals surface area contributed by atoms with Crippen LogP contribution in [0.15, 0.2) is 18.2 Å². The number of rotatable bonds is 2. The van der Waals surface area contributed by atoms with Crippen LogP contribution in [0.1, 0.15) is 40.0 Å². The summed E-state index contributed by atoms with van der Waals surface area (Å²) >= 11 is 0. The molecule has 2 atom stereocenters. The maximum Gasteiger partial charge on any atom is 0.142 e. The fourth-order valence-corrected chi connectivity index (χ4v) is 3.15. The molecule has 0 aliphatic heterocycles. The van der Waals surface area contributed by atoms with Crippen LogP contribution in [-0.4, -0.2) is 6.10 Å². The summed E-state index contributed by atoms with van der Waals surface area (Å²) < 4.78 is 18.9. The molecule has 0 heterocycles. The van der Waals surface area contributed by atoms with E-state index in [0.717, 1.165) is 12.8 Å².